The van der Waals surface area contributed by atoms with E-state index in [1.54, 1.807) is 0 Å². The summed E-state index contributed by atoms with van der Waals surface area (Å²) in [4.78, 5) is 12.3. The number of hydrogen-bond acceptors (Lipinski definition) is 3. The lowest BCUT2D eigenvalue weighted by molar-refractivity contribution is -0.143. The van der Waals surface area contributed by atoms with Crippen molar-refractivity contribution in [2.45, 2.75) is 6.42 Å². The molecule has 0 saturated carbocycles. The Morgan fingerprint density at radius 1 is 1.55 bits per heavy atom. The lowest BCUT2D eigenvalue weighted by Crippen LogP contribution is -2.23. The van der Waals surface area contributed by atoms with Crippen LogP contribution >= 0.6 is 0 Å². The molecule has 0 spiro atoms. The van der Waals surface area contributed by atoms with Gasteiger partial charge in [0.1, 0.15) is 0 Å². The van der Waals surface area contributed by atoms with Crippen LogP contribution in [0.3, 0.4) is 0 Å². The van der Waals surface area contributed by atoms with Crippen molar-refractivity contribution in [3.8, 4) is 0 Å². The van der Waals surface area contributed by atoms with Crippen LogP contribution in [0.2, 0.25) is 0 Å². The van der Waals surface area contributed by atoms with Crippen molar-refractivity contribution in [2.75, 3.05) is 27.2 Å². The van der Waals surface area contributed by atoms with Crippen LogP contribution in [0.1, 0.15) is 6.42 Å². The molecule has 4 nitrogen and oxygen atoms in total. The van der Waals surface area contributed by atoms with Crippen molar-refractivity contribution in [3.05, 3.63) is 0 Å². The van der Waals surface area contributed by atoms with E-state index in [1.807, 2.05) is 19.0 Å². The molecule has 1 unspecified atom stereocenters. The van der Waals surface area contributed by atoms with Crippen molar-refractivity contribution in [2.24, 2.45) is 5.92 Å². The number of hydrogen-bond donors (Lipinski definition) is 2. The molecule has 0 radical (unpaired) electrons. The molecule has 0 aromatic heterocycles. The fourth-order valence-corrected chi connectivity index (χ4v) is 0.707. The Hall–Kier alpha value is -0.610. The zero-order chi connectivity index (χ0) is 8.85. The van der Waals surface area contributed by atoms with E-state index in [2.05, 4.69) is 0 Å². The number of carbonyl (C=O) groups is 1. The Bertz CT molecular complexity index is 125. The monoisotopic (exact) mass is 161 g/mol. The first-order valence-electron chi connectivity index (χ1n) is 3.56. The van der Waals surface area contributed by atoms with E-state index in [1.165, 1.54) is 0 Å². The van der Waals surface area contributed by atoms with E-state index in [0.29, 0.717) is 13.0 Å². The lowest BCUT2D eigenvalue weighted by Gasteiger charge is -2.12. The molecule has 0 rings (SSSR count). The van der Waals surface area contributed by atoms with Gasteiger partial charge in [0.25, 0.3) is 0 Å². The Labute approximate surface area is 66.4 Å². The van der Waals surface area contributed by atoms with Crippen molar-refractivity contribution in [1.82, 2.24) is 4.90 Å². The first-order valence-corrected chi connectivity index (χ1v) is 3.56. The van der Waals surface area contributed by atoms with Crippen LogP contribution in [-0.4, -0.2) is 48.3 Å². The first kappa shape index (κ1) is 10.4. The molecule has 0 aliphatic rings. The van der Waals surface area contributed by atoms with Crippen LogP contribution < -0.4 is 0 Å². The Balaban J connectivity index is 3.61. The summed E-state index contributed by atoms with van der Waals surface area (Å²) in [6, 6.07) is 0. The number of nitrogens with zero attached hydrogens (tertiary/aromatic N) is 1. The fourth-order valence-electron chi connectivity index (χ4n) is 0.707. The van der Waals surface area contributed by atoms with Gasteiger partial charge in [-0.15, -0.1) is 0 Å². The second kappa shape index (κ2) is 5.09. The number of carboxylic acids is 1. The molecule has 0 bridgehead atoms. The minimum Gasteiger partial charge on any atom is -0.481 e. The molecule has 2 N–H and O–H groups in total. The summed E-state index contributed by atoms with van der Waals surface area (Å²) in [6.07, 6.45) is 0.499. The third-order valence-electron chi connectivity index (χ3n) is 1.49. The van der Waals surface area contributed by atoms with Gasteiger partial charge in [0.15, 0.2) is 0 Å². The summed E-state index contributed by atoms with van der Waals surface area (Å²) in [5.41, 5.74) is 0. The van der Waals surface area contributed by atoms with Gasteiger partial charge in [-0.2, -0.15) is 0 Å². The molecule has 0 aromatic carbocycles. The quantitative estimate of drug-likeness (QED) is 0.577. The molecule has 0 saturated heterocycles. The average Bonchev–Trinajstić information content (AvgIpc) is 1.87. The summed E-state index contributed by atoms with van der Waals surface area (Å²) in [5, 5.41) is 17.1. The third kappa shape index (κ3) is 4.75. The van der Waals surface area contributed by atoms with Crippen molar-refractivity contribution >= 4 is 5.97 Å². The average molecular weight is 161 g/mol. The van der Waals surface area contributed by atoms with Gasteiger partial charge in [-0.25, -0.2) is 0 Å². The van der Waals surface area contributed by atoms with Gasteiger partial charge in [0.2, 0.25) is 0 Å². The zero-order valence-corrected chi connectivity index (χ0v) is 6.95. The second-order valence-electron chi connectivity index (χ2n) is 2.81. The van der Waals surface area contributed by atoms with Gasteiger partial charge in [-0.1, -0.05) is 0 Å². The highest BCUT2D eigenvalue weighted by molar-refractivity contribution is 5.70. The Morgan fingerprint density at radius 2 is 2.09 bits per heavy atom. The molecule has 0 fully saturated rings. The molecule has 0 heterocycles. The minimum absolute atomic E-state index is 0.275. The minimum atomic E-state index is -0.922. The predicted octanol–water partition coefficient (Wildman–Crippen LogP) is -0.369. The maximum absolute atomic E-state index is 10.4. The summed E-state index contributed by atoms with van der Waals surface area (Å²) < 4.78 is 0. The van der Waals surface area contributed by atoms with Crippen LogP contribution in [0.15, 0.2) is 0 Å². The molecule has 0 aliphatic carbocycles. The number of rotatable bonds is 5. The maximum Gasteiger partial charge on any atom is 0.308 e. The van der Waals surface area contributed by atoms with E-state index < -0.39 is 11.9 Å². The summed E-state index contributed by atoms with van der Waals surface area (Å²) in [6.45, 7) is 0.417. The fraction of sp³-hybridized carbons (Fsp3) is 0.857. The van der Waals surface area contributed by atoms with E-state index in [4.69, 9.17) is 10.2 Å². The summed E-state index contributed by atoms with van der Waals surface area (Å²) in [7, 11) is 3.74. The first-order chi connectivity index (χ1) is 5.07. The largest absolute Gasteiger partial charge is 0.481 e. The highest BCUT2D eigenvalue weighted by Gasteiger charge is 2.15. The van der Waals surface area contributed by atoms with Crippen LogP contribution in [0, 0.1) is 5.92 Å². The molecule has 4 heteroatoms. The van der Waals surface area contributed by atoms with Gasteiger partial charge in [0, 0.05) is 0 Å². The van der Waals surface area contributed by atoms with Gasteiger partial charge in [0.05, 0.1) is 12.5 Å². The molecule has 66 valence electrons. The number of aliphatic hydroxyl groups is 1. The van der Waals surface area contributed by atoms with E-state index in [9.17, 15) is 4.79 Å². The van der Waals surface area contributed by atoms with Crippen molar-refractivity contribution in [1.29, 1.82) is 0 Å². The topological polar surface area (TPSA) is 60.8 Å². The predicted molar refractivity (Wildman–Crippen MR) is 41.4 cm³/mol. The normalized spacial score (nSPS) is 13.5. The molecule has 0 amide bonds. The second-order valence-corrected chi connectivity index (χ2v) is 2.81. The Kier molecular flexibility index (Phi) is 4.81. The van der Waals surface area contributed by atoms with Crippen LogP contribution in [-0.2, 0) is 4.79 Å². The van der Waals surface area contributed by atoms with Gasteiger partial charge in [-0.05, 0) is 27.1 Å². The molecule has 11 heavy (non-hydrogen) atoms. The SMILES string of the molecule is CN(C)CCC(CO)C(=O)O. The third-order valence-corrected chi connectivity index (χ3v) is 1.49. The highest BCUT2D eigenvalue weighted by atomic mass is 16.4. The molecule has 0 aliphatic heterocycles. The van der Waals surface area contributed by atoms with Gasteiger partial charge < -0.3 is 15.1 Å². The van der Waals surface area contributed by atoms with Gasteiger partial charge >= 0.3 is 5.97 Å². The van der Waals surface area contributed by atoms with Crippen molar-refractivity contribution in [3.63, 3.8) is 0 Å². The molecule has 1 atom stereocenters. The summed E-state index contributed by atoms with van der Waals surface area (Å²) in [5.74, 6) is -1.54. The van der Waals surface area contributed by atoms with Crippen LogP contribution in [0.25, 0.3) is 0 Å². The van der Waals surface area contributed by atoms with Crippen LogP contribution in [0.4, 0.5) is 0 Å². The smallest absolute Gasteiger partial charge is 0.308 e. The molecular weight excluding hydrogens is 146 g/mol. The maximum atomic E-state index is 10.4. The van der Waals surface area contributed by atoms with Crippen molar-refractivity contribution < 1.29 is 15.0 Å². The standard InChI is InChI=1S/C7H15NO3/c1-8(2)4-3-6(5-9)7(10)11/h6,9H,3-5H2,1-2H3,(H,10,11). The lowest BCUT2D eigenvalue weighted by atomic mass is 10.1. The van der Waals surface area contributed by atoms with E-state index in [0.717, 1.165) is 0 Å². The number of aliphatic carboxylic acids is 1. The zero-order valence-electron chi connectivity index (χ0n) is 6.95. The highest BCUT2D eigenvalue weighted by Crippen LogP contribution is 2.01. The number of aliphatic hydroxyl groups excluding tert-OH is 1. The van der Waals surface area contributed by atoms with E-state index >= 15 is 0 Å². The number of carboxylic acid groups (broad SMARTS) is 1. The molecular formula is C7H15NO3. The van der Waals surface area contributed by atoms with Crippen LogP contribution in [0.5, 0.6) is 0 Å². The van der Waals surface area contributed by atoms with E-state index in [-0.39, 0.29) is 6.61 Å². The summed E-state index contributed by atoms with van der Waals surface area (Å²) >= 11 is 0. The molecule has 0 aromatic rings. The Morgan fingerprint density at radius 3 is 2.36 bits per heavy atom. The van der Waals surface area contributed by atoms with Gasteiger partial charge in [-0.3, -0.25) is 4.79 Å².